The maximum absolute atomic E-state index is 12.3. The minimum atomic E-state index is -3.41. The number of carbonyl (C=O) groups excluding carboxylic acids is 1. The molecule has 1 N–H and O–H groups in total. The van der Waals surface area contributed by atoms with Gasteiger partial charge in [0, 0.05) is 12.8 Å². The molecule has 0 fully saturated rings. The summed E-state index contributed by atoms with van der Waals surface area (Å²) >= 11 is 8.83. The number of sulfonamides is 1. The van der Waals surface area contributed by atoms with Crippen molar-refractivity contribution in [3.8, 4) is 0 Å². The van der Waals surface area contributed by atoms with Crippen LogP contribution in [-0.4, -0.2) is 43.6 Å². The van der Waals surface area contributed by atoms with Crippen molar-refractivity contribution in [2.24, 2.45) is 0 Å². The lowest BCUT2D eigenvalue weighted by Crippen LogP contribution is -2.25. The maximum Gasteiger partial charge on any atom is 0.259 e. The normalized spacial score (nSPS) is 11.2. The molecule has 0 spiro atoms. The first-order valence-electron chi connectivity index (χ1n) is 6.84. The van der Waals surface area contributed by atoms with Crippen molar-refractivity contribution in [3.05, 3.63) is 41.4 Å². The van der Waals surface area contributed by atoms with E-state index in [1.165, 1.54) is 48.3 Å². The Morgan fingerprint density at radius 3 is 2.80 bits per heavy atom. The van der Waals surface area contributed by atoms with Gasteiger partial charge in [0.1, 0.15) is 0 Å². The smallest absolute Gasteiger partial charge is 0.259 e. The Labute approximate surface area is 159 Å². The highest BCUT2D eigenvalue weighted by Crippen LogP contribution is 2.28. The molecule has 0 bridgehead atoms. The van der Waals surface area contributed by atoms with Crippen LogP contribution in [0, 0.1) is 0 Å². The van der Waals surface area contributed by atoms with Crippen LogP contribution in [0.15, 0.2) is 35.2 Å². The fourth-order valence-electron chi connectivity index (χ4n) is 1.69. The number of rotatable bonds is 7. The van der Waals surface area contributed by atoms with E-state index in [2.05, 4.69) is 22.1 Å². The fourth-order valence-corrected chi connectivity index (χ4v) is 3.95. The largest absolute Gasteiger partial charge is 0.296 e. The predicted octanol–water partition coefficient (Wildman–Crippen LogP) is 3.12. The van der Waals surface area contributed by atoms with E-state index < -0.39 is 15.9 Å². The molecule has 0 saturated carbocycles. The summed E-state index contributed by atoms with van der Waals surface area (Å²) < 4.78 is 24.9. The molecule has 1 aromatic heterocycles. The number of halogens is 1. The monoisotopic (exact) mass is 418 g/mol. The van der Waals surface area contributed by atoms with Gasteiger partial charge in [-0.15, -0.1) is 16.8 Å². The zero-order valence-corrected chi connectivity index (χ0v) is 16.6. The molecule has 0 aliphatic rings. The van der Waals surface area contributed by atoms with Crippen molar-refractivity contribution in [1.29, 1.82) is 0 Å². The van der Waals surface area contributed by atoms with Gasteiger partial charge in [-0.05, 0) is 18.2 Å². The molecule has 2 aromatic rings. The van der Waals surface area contributed by atoms with E-state index in [9.17, 15) is 13.2 Å². The fraction of sp³-hybridized carbons (Fsp3) is 0.214. The molecule has 2 rings (SSSR count). The Morgan fingerprint density at radius 1 is 1.48 bits per heavy atom. The van der Waals surface area contributed by atoms with Crippen molar-refractivity contribution in [3.63, 3.8) is 0 Å². The second-order valence-electron chi connectivity index (χ2n) is 4.82. The summed E-state index contributed by atoms with van der Waals surface area (Å²) in [5.41, 5.74) is 0.575. The van der Waals surface area contributed by atoms with Crippen LogP contribution in [0.1, 0.15) is 10.4 Å². The van der Waals surface area contributed by atoms with Gasteiger partial charge in [-0.25, -0.2) is 8.42 Å². The van der Waals surface area contributed by atoms with Crippen molar-refractivity contribution >= 4 is 61.4 Å². The minimum Gasteiger partial charge on any atom is -0.296 e. The summed E-state index contributed by atoms with van der Waals surface area (Å²) in [7, 11) is -2.00. The molecular weight excluding hydrogens is 404 g/mol. The van der Waals surface area contributed by atoms with Crippen molar-refractivity contribution in [2.75, 3.05) is 28.7 Å². The number of aromatic nitrogens is 2. The molecular formula is C14H15ClN4O3S3. The van der Waals surface area contributed by atoms with E-state index in [0.29, 0.717) is 20.9 Å². The van der Waals surface area contributed by atoms with Gasteiger partial charge in [-0.1, -0.05) is 40.8 Å². The lowest BCUT2D eigenvalue weighted by atomic mass is 10.2. The number of hydrogen-bond donors (Lipinski definition) is 1. The predicted molar refractivity (Wildman–Crippen MR) is 103 cm³/mol. The van der Waals surface area contributed by atoms with Crippen LogP contribution in [0.2, 0.25) is 5.02 Å². The van der Waals surface area contributed by atoms with Crippen molar-refractivity contribution in [2.45, 2.75) is 4.34 Å². The number of nitrogens with zero attached hydrogens (tertiary/aromatic N) is 3. The summed E-state index contributed by atoms with van der Waals surface area (Å²) in [6.07, 6.45) is 2.83. The van der Waals surface area contributed by atoms with Crippen LogP contribution in [0.4, 0.5) is 10.8 Å². The molecule has 0 atom stereocenters. The van der Waals surface area contributed by atoms with Crippen LogP contribution < -0.4 is 9.62 Å². The zero-order valence-electron chi connectivity index (χ0n) is 13.4. The van der Waals surface area contributed by atoms with E-state index >= 15 is 0 Å². The quantitative estimate of drug-likeness (QED) is 0.422. The molecule has 7 nitrogen and oxygen atoms in total. The number of amides is 1. The summed E-state index contributed by atoms with van der Waals surface area (Å²) in [5.74, 6) is 0.249. The summed E-state index contributed by atoms with van der Waals surface area (Å²) in [5, 5.41) is 11.0. The van der Waals surface area contributed by atoms with Crippen LogP contribution >= 0.6 is 34.7 Å². The average Bonchev–Trinajstić information content (AvgIpc) is 2.98. The molecule has 11 heteroatoms. The molecule has 0 aliphatic heterocycles. The number of nitrogens with one attached hydrogen (secondary N) is 1. The lowest BCUT2D eigenvalue weighted by molar-refractivity contribution is 0.102. The number of carbonyl (C=O) groups is 1. The molecule has 1 aromatic carbocycles. The van der Waals surface area contributed by atoms with Crippen LogP contribution in [0.25, 0.3) is 0 Å². The first-order valence-corrected chi connectivity index (χ1v) is 10.9. The molecule has 1 amide bonds. The Kier molecular flexibility index (Phi) is 6.44. The lowest BCUT2D eigenvalue weighted by Gasteiger charge is -2.17. The molecule has 134 valence electrons. The van der Waals surface area contributed by atoms with Gasteiger partial charge in [-0.2, -0.15) is 0 Å². The molecule has 0 aliphatic carbocycles. The van der Waals surface area contributed by atoms with Crippen molar-refractivity contribution in [1.82, 2.24) is 10.2 Å². The topological polar surface area (TPSA) is 92.3 Å². The van der Waals surface area contributed by atoms with Crippen LogP contribution in [0.3, 0.4) is 0 Å². The van der Waals surface area contributed by atoms with Gasteiger partial charge in [0.15, 0.2) is 4.34 Å². The van der Waals surface area contributed by atoms with Gasteiger partial charge in [-0.3, -0.25) is 14.4 Å². The van der Waals surface area contributed by atoms with E-state index in [1.807, 2.05) is 0 Å². The first kappa shape index (κ1) is 19.7. The number of benzene rings is 1. The third kappa shape index (κ3) is 5.18. The first-order chi connectivity index (χ1) is 11.7. The van der Waals surface area contributed by atoms with Gasteiger partial charge in [0.05, 0.1) is 22.5 Å². The third-order valence-electron chi connectivity index (χ3n) is 3.01. The third-order valence-corrected chi connectivity index (χ3v) is 6.50. The second kappa shape index (κ2) is 8.17. The Hall–Kier alpha value is -1.62. The molecule has 25 heavy (non-hydrogen) atoms. The Balaban J connectivity index is 2.14. The van der Waals surface area contributed by atoms with E-state index in [1.54, 1.807) is 6.08 Å². The maximum atomic E-state index is 12.3. The number of hydrogen-bond acceptors (Lipinski definition) is 7. The van der Waals surface area contributed by atoms with E-state index in [4.69, 9.17) is 11.6 Å². The van der Waals surface area contributed by atoms with E-state index in [-0.39, 0.29) is 10.6 Å². The SMILES string of the molecule is C=CCSc1nnc(NC(=O)c2ccc(N(C)S(C)(=O)=O)cc2Cl)s1. The average molecular weight is 419 g/mol. The van der Waals surface area contributed by atoms with Crippen LogP contribution in [0.5, 0.6) is 0 Å². The highest BCUT2D eigenvalue weighted by Gasteiger charge is 2.17. The highest BCUT2D eigenvalue weighted by molar-refractivity contribution is 8.01. The zero-order chi connectivity index (χ0) is 18.6. The van der Waals surface area contributed by atoms with Gasteiger partial charge < -0.3 is 0 Å². The molecule has 0 saturated heterocycles. The van der Waals surface area contributed by atoms with Gasteiger partial charge >= 0.3 is 0 Å². The minimum absolute atomic E-state index is 0.135. The van der Waals surface area contributed by atoms with Crippen LogP contribution in [-0.2, 0) is 10.0 Å². The van der Waals surface area contributed by atoms with Gasteiger partial charge in [0.2, 0.25) is 15.2 Å². The van der Waals surface area contributed by atoms with Crippen molar-refractivity contribution < 1.29 is 13.2 Å². The molecule has 0 unspecified atom stereocenters. The number of anilines is 2. The summed E-state index contributed by atoms with van der Waals surface area (Å²) in [6.45, 7) is 3.62. The highest BCUT2D eigenvalue weighted by atomic mass is 35.5. The Bertz CT molecular complexity index is 898. The standard InChI is InChI=1S/C14H15ClN4O3S3/c1-4-7-23-14-18-17-13(24-14)16-12(20)10-6-5-9(8-11(10)15)19(2)25(3,21)22/h4-6,8H,1,7H2,2-3H3,(H,16,17,20). The van der Waals surface area contributed by atoms with E-state index in [0.717, 1.165) is 10.6 Å². The second-order valence-corrected chi connectivity index (χ2v) is 9.49. The molecule has 0 radical (unpaired) electrons. The summed E-state index contributed by atoms with van der Waals surface area (Å²) in [6, 6.07) is 4.39. The summed E-state index contributed by atoms with van der Waals surface area (Å²) in [4.78, 5) is 12.3. The van der Waals surface area contributed by atoms with Gasteiger partial charge in [0.25, 0.3) is 5.91 Å². The number of thioether (sulfide) groups is 1. The molecule has 1 heterocycles. The Morgan fingerprint density at radius 2 is 2.20 bits per heavy atom.